The van der Waals surface area contributed by atoms with E-state index in [0.29, 0.717) is 12.0 Å². The molecule has 96 valence electrons. The van der Waals surface area contributed by atoms with Crippen molar-refractivity contribution >= 4 is 15.9 Å². The fourth-order valence-electron chi connectivity index (χ4n) is 1.84. The molecule has 0 bridgehead atoms. The van der Waals surface area contributed by atoms with Gasteiger partial charge in [0.2, 0.25) is 0 Å². The van der Waals surface area contributed by atoms with Crippen LogP contribution in [0.2, 0.25) is 0 Å². The molecular formula is C13H20BrFN2. The van der Waals surface area contributed by atoms with Crippen LogP contribution in [0.4, 0.5) is 4.39 Å². The van der Waals surface area contributed by atoms with Crippen LogP contribution in [0.3, 0.4) is 0 Å². The van der Waals surface area contributed by atoms with Crippen LogP contribution < -0.4 is 11.3 Å². The van der Waals surface area contributed by atoms with Gasteiger partial charge in [-0.3, -0.25) is 11.3 Å². The van der Waals surface area contributed by atoms with Gasteiger partial charge in [0.25, 0.3) is 0 Å². The van der Waals surface area contributed by atoms with Gasteiger partial charge in [-0.2, -0.15) is 0 Å². The lowest BCUT2D eigenvalue weighted by molar-refractivity contribution is 0.458. The normalized spacial score (nSPS) is 12.7. The van der Waals surface area contributed by atoms with E-state index in [1.165, 1.54) is 18.9 Å². The number of halogens is 2. The fourth-order valence-corrected chi connectivity index (χ4v) is 2.17. The summed E-state index contributed by atoms with van der Waals surface area (Å²) in [4.78, 5) is 0. The summed E-state index contributed by atoms with van der Waals surface area (Å²) < 4.78 is 14.4. The van der Waals surface area contributed by atoms with Gasteiger partial charge in [0.05, 0.1) is 0 Å². The Kier molecular flexibility index (Phi) is 6.70. The van der Waals surface area contributed by atoms with Gasteiger partial charge >= 0.3 is 0 Å². The Balaban J connectivity index is 2.54. The number of hydrogen-bond donors (Lipinski definition) is 2. The first-order chi connectivity index (χ1) is 8.17. The van der Waals surface area contributed by atoms with E-state index in [4.69, 9.17) is 5.84 Å². The molecule has 1 aromatic carbocycles. The van der Waals surface area contributed by atoms with Crippen molar-refractivity contribution in [3.63, 3.8) is 0 Å². The molecule has 0 heterocycles. The van der Waals surface area contributed by atoms with Crippen LogP contribution in [0.25, 0.3) is 0 Å². The van der Waals surface area contributed by atoms with Gasteiger partial charge in [0.15, 0.2) is 0 Å². The first-order valence-corrected chi connectivity index (χ1v) is 6.86. The second kappa shape index (κ2) is 7.80. The molecule has 1 atom stereocenters. The largest absolute Gasteiger partial charge is 0.271 e. The molecule has 0 aliphatic carbocycles. The third kappa shape index (κ3) is 5.15. The van der Waals surface area contributed by atoms with E-state index in [1.807, 2.05) is 12.1 Å². The second-order valence-electron chi connectivity index (χ2n) is 4.30. The maximum absolute atomic E-state index is 13.6. The van der Waals surface area contributed by atoms with Gasteiger partial charge in [-0.05, 0) is 30.5 Å². The van der Waals surface area contributed by atoms with E-state index < -0.39 is 0 Å². The number of nitrogens with two attached hydrogens (primary N) is 1. The average molecular weight is 303 g/mol. The number of unbranched alkanes of at least 4 members (excludes halogenated alkanes) is 2. The topological polar surface area (TPSA) is 38.0 Å². The third-order valence-electron chi connectivity index (χ3n) is 2.87. The Hall–Kier alpha value is -0.450. The number of benzene rings is 1. The minimum atomic E-state index is -0.171. The molecule has 0 amide bonds. The van der Waals surface area contributed by atoms with Crippen molar-refractivity contribution in [3.05, 3.63) is 34.1 Å². The quantitative estimate of drug-likeness (QED) is 0.459. The number of hydrogen-bond acceptors (Lipinski definition) is 2. The summed E-state index contributed by atoms with van der Waals surface area (Å²) in [5.41, 5.74) is 3.49. The zero-order valence-electron chi connectivity index (χ0n) is 10.2. The van der Waals surface area contributed by atoms with E-state index in [0.717, 1.165) is 17.3 Å². The van der Waals surface area contributed by atoms with E-state index in [-0.39, 0.29) is 11.9 Å². The van der Waals surface area contributed by atoms with Crippen molar-refractivity contribution < 1.29 is 4.39 Å². The van der Waals surface area contributed by atoms with Crippen LogP contribution >= 0.6 is 15.9 Å². The third-order valence-corrected chi connectivity index (χ3v) is 3.37. The molecule has 4 heteroatoms. The van der Waals surface area contributed by atoms with E-state index in [1.54, 1.807) is 0 Å². The van der Waals surface area contributed by atoms with Crippen molar-refractivity contribution in [2.45, 2.75) is 45.1 Å². The van der Waals surface area contributed by atoms with Crippen LogP contribution in [0.5, 0.6) is 0 Å². The summed E-state index contributed by atoms with van der Waals surface area (Å²) in [7, 11) is 0. The minimum Gasteiger partial charge on any atom is -0.271 e. The average Bonchev–Trinajstić information content (AvgIpc) is 2.31. The molecule has 0 saturated carbocycles. The molecule has 2 nitrogen and oxygen atoms in total. The molecule has 3 N–H and O–H groups in total. The molecule has 0 fully saturated rings. The molecular weight excluding hydrogens is 283 g/mol. The van der Waals surface area contributed by atoms with Gasteiger partial charge in [-0.15, -0.1) is 0 Å². The summed E-state index contributed by atoms with van der Waals surface area (Å²) in [5.74, 6) is 5.33. The first kappa shape index (κ1) is 14.6. The SMILES string of the molecule is CCCCCC(Cc1ccc(Br)cc1F)NN. The van der Waals surface area contributed by atoms with E-state index in [9.17, 15) is 4.39 Å². The van der Waals surface area contributed by atoms with E-state index >= 15 is 0 Å². The molecule has 1 unspecified atom stereocenters. The Morgan fingerprint density at radius 2 is 2.18 bits per heavy atom. The Morgan fingerprint density at radius 1 is 1.41 bits per heavy atom. The number of nitrogens with one attached hydrogen (secondary N) is 1. The lowest BCUT2D eigenvalue weighted by Crippen LogP contribution is -2.36. The highest BCUT2D eigenvalue weighted by molar-refractivity contribution is 9.10. The maximum atomic E-state index is 13.6. The van der Waals surface area contributed by atoms with Crippen LogP contribution in [0.15, 0.2) is 22.7 Å². The summed E-state index contributed by atoms with van der Waals surface area (Å²) in [5, 5.41) is 0. The lowest BCUT2D eigenvalue weighted by atomic mass is 10.0. The van der Waals surface area contributed by atoms with Crippen LogP contribution in [0.1, 0.15) is 38.2 Å². The Labute approximate surface area is 111 Å². The molecule has 0 aliphatic heterocycles. The summed E-state index contributed by atoms with van der Waals surface area (Å²) >= 11 is 3.25. The highest BCUT2D eigenvalue weighted by Crippen LogP contribution is 2.17. The van der Waals surface area contributed by atoms with Gasteiger partial charge in [-0.25, -0.2) is 4.39 Å². The first-order valence-electron chi connectivity index (χ1n) is 6.07. The number of rotatable bonds is 7. The second-order valence-corrected chi connectivity index (χ2v) is 5.21. The molecule has 0 radical (unpaired) electrons. The van der Waals surface area contributed by atoms with E-state index in [2.05, 4.69) is 28.3 Å². The van der Waals surface area contributed by atoms with Crippen molar-refractivity contribution in [1.29, 1.82) is 0 Å². The van der Waals surface area contributed by atoms with Gasteiger partial charge in [0, 0.05) is 10.5 Å². The zero-order valence-corrected chi connectivity index (χ0v) is 11.8. The van der Waals surface area contributed by atoms with Gasteiger partial charge in [-0.1, -0.05) is 48.2 Å². The van der Waals surface area contributed by atoms with Crippen LogP contribution in [0, 0.1) is 5.82 Å². The van der Waals surface area contributed by atoms with Crippen molar-refractivity contribution in [2.24, 2.45) is 5.84 Å². The predicted molar refractivity (Wildman–Crippen MR) is 73.1 cm³/mol. The molecule has 0 saturated heterocycles. The van der Waals surface area contributed by atoms with Crippen LogP contribution in [-0.2, 0) is 6.42 Å². The predicted octanol–water partition coefficient (Wildman–Crippen LogP) is 3.54. The molecule has 0 aromatic heterocycles. The molecule has 0 spiro atoms. The number of hydrazine groups is 1. The maximum Gasteiger partial charge on any atom is 0.127 e. The zero-order chi connectivity index (χ0) is 12.7. The fraction of sp³-hybridized carbons (Fsp3) is 0.538. The highest BCUT2D eigenvalue weighted by Gasteiger charge is 2.10. The van der Waals surface area contributed by atoms with Gasteiger partial charge in [0.1, 0.15) is 5.82 Å². The standard InChI is InChI=1S/C13H20BrFN2/c1-2-3-4-5-12(17-16)8-10-6-7-11(14)9-13(10)15/h6-7,9,12,17H,2-5,8,16H2,1H3. The van der Waals surface area contributed by atoms with Crippen LogP contribution in [-0.4, -0.2) is 6.04 Å². The Bertz CT molecular complexity index is 344. The van der Waals surface area contributed by atoms with Crippen molar-refractivity contribution in [1.82, 2.24) is 5.43 Å². The lowest BCUT2D eigenvalue weighted by Gasteiger charge is -2.16. The smallest absolute Gasteiger partial charge is 0.127 e. The summed E-state index contributed by atoms with van der Waals surface area (Å²) in [6.07, 6.45) is 5.13. The van der Waals surface area contributed by atoms with Crippen molar-refractivity contribution in [3.8, 4) is 0 Å². The molecule has 1 rings (SSSR count). The molecule has 0 aliphatic rings. The summed E-state index contributed by atoms with van der Waals surface area (Å²) in [6.45, 7) is 2.17. The Morgan fingerprint density at radius 3 is 2.76 bits per heavy atom. The molecule has 1 aromatic rings. The van der Waals surface area contributed by atoms with Gasteiger partial charge < -0.3 is 0 Å². The minimum absolute atomic E-state index is 0.150. The monoisotopic (exact) mass is 302 g/mol. The molecule has 17 heavy (non-hydrogen) atoms. The summed E-state index contributed by atoms with van der Waals surface area (Å²) in [6, 6.07) is 5.31. The highest BCUT2D eigenvalue weighted by atomic mass is 79.9. The van der Waals surface area contributed by atoms with Crippen molar-refractivity contribution in [2.75, 3.05) is 0 Å².